The quantitative estimate of drug-likeness (QED) is 0.843. The minimum atomic E-state index is 0.620. The van der Waals surface area contributed by atoms with Crippen molar-refractivity contribution in [1.82, 2.24) is 9.78 Å². The van der Waals surface area contributed by atoms with E-state index in [0.29, 0.717) is 6.54 Å². The van der Waals surface area contributed by atoms with Crippen LogP contribution in [-0.2, 0) is 0 Å². The van der Waals surface area contributed by atoms with Gasteiger partial charge >= 0.3 is 0 Å². The van der Waals surface area contributed by atoms with E-state index in [2.05, 4.69) is 17.3 Å². The van der Waals surface area contributed by atoms with Crippen LogP contribution >= 0.6 is 0 Å². The third kappa shape index (κ3) is 2.31. The van der Waals surface area contributed by atoms with E-state index in [4.69, 9.17) is 5.73 Å². The lowest BCUT2D eigenvalue weighted by molar-refractivity contribution is 0.833. The van der Waals surface area contributed by atoms with Crippen LogP contribution in [0.3, 0.4) is 0 Å². The number of hydrogen-bond acceptors (Lipinski definition) is 3. The van der Waals surface area contributed by atoms with Crippen LogP contribution in [0.2, 0.25) is 0 Å². The SMILES string of the molecule is Cc1nn(-c2ccccc2)c(C)c1NCCN. The number of nitrogens with two attached hydrogens (primary N) is 1. The highest BCUT2D eigenvalue weighted by Crippen LogP contribution is 2.22. The first-order valence-corrected chi connectivity index (χ1v) is 5.79. The molecule has 0 aliphatic heterocycles. The largest absolute Gasteiger partial charge is 0.381 e. The molecule has 0 unspecified atom stereocenters. The summed E-state index contributed by atoms with van der Waals surface area (Å²) in [6.45, 7) is 5.45. The van der Waals surface area contributed by atoms with Gasteiger partial charge in [-0.1, -0.05) is 18.2 Å². The average Bonchev–Trinajstić information content (AvgIpc) is 2.64. The van der Waals surface area contributed by atoms with E-state index in [9.17, 15) is 0 Å². The number of aromatic nitrogens is 2. The fourth-order valence-corrected chi connectivity index (χ4v) is 1.92. The molecule has 2 aromatic rings. The maximum Gasteiger partial charge on any atom is 0.0832 e. The Bertz CT molecular complexity index is 488. The zero-order chi connectivity index (χ0) is 12.3. The molecule has 0 radical (unpaired) electrons. The lowest BCUT2D eigenvalue weighted by atomic mass is 10.3. The lowest BCUT2D eigenvalue weighted by Crippen LogP contribution is -2.14. The molecule has 0 atom stereocenters. The van der Waals surface area contributed by atoms with E-state index in [1.807, 2.05) is 41.9 Å². The van der Waals surface area contributed by atoms with Crippen LogP contribution in [0.1, 0.15) is 11.4 Å². The number of nitrogens with zero attached hydrogens (tertiary/aromatic N) is 2. The van der Waals surface area contributed by atoms with Crippen LogP contribution in [0.25, 0.3) is 5.69 Å². The number of aryl methyl sites for hydroxylation is 1. The maximum atomic E-state index is 5.50. The Balaban J connectivity index is 2.37. The molecule has 3 N–H and O–H groups in total. The normalized spacial score (nSPS) is 10.5. The van der Waals surface area contributed by atoms with E-state index in [-0.39, 0.29) is 0 Å². The van der Waals surface area contributed by atoms with Crippen LogP contribution in [-0.4, -0.2) is 22.9 Å². The maximum absolute atomic E-state index is 5.50. The number of hydrogen-bond donors (Lipinski definition) is 2. The van der Waals surface area contributed by atoms with Crippen LogP contribution in [0, 0.1) is 13.8 Å². The van der Waals surface area contributed by atoms with Crippen molar-refractivity contribution in [2.75, 3.05) is 18.4 Å². The molecule has 0 aliphatic carbocycles. The van der Waals surface area contributed by atoms with Gasteiger partial charge in [-0.2, -0.15) is 5.10 Å². The molecule has 0 spiro atoms. The number of anilines is 1. The first kappa shape index (κ1) is 11.7. The van der Waals surface area contributed by atoms with E-state index in [1.165, 1.54) is 0 Å². The summed E-state index contributed by atoms with van der Waals surface area (Å²) >= 11 is 0. The van der Waals surface area contributed by atoms with Crippen molar-refractivity contribution >= 4 is 5.69 Å². The smallest absolute Gasteiger partial charge is 0.0832 e. The molecule has 90 valence electrons. The van der Waals surface area contributed by atoms with Crippen molar-refractivity contribution in [3.63, 3.8) is 0 Å². The molecule has 0 fully saturated rings. The Morgan fingerprint density at radius 3 is 2.59 bits per heavy atom. The van der Waals surface area contributed by atoms with Gasteiger partial charge in [-0.05, 0) is 26.0 Å². The standard InChI is InChI=1S/C13H18N4/c1-10-13(15-9-8-14)11(2)17(16-10)12-6-4-3-5-7-12/h3-7,15H,8-9,14H2,1-2H3. The zero-order valence-corrected chi connectivity index (χ0v) is 10.3. The van der Waals surface area contributed by atoms with E-state index >= 15 is 0 Å². The fraction of sp³-hybridized carbons (Fsp3) is 0.308. The first-order valence-electron chi connectivity index (χ1n) is 5.79. The Morgan fingerprint density at radius 2 is 1.94 bits per heavy atom. The third-order valence-electron chi connectivity index (χ3n) is 2.74. The Hall–Kier alpha value is -1.81. The predicted molar refractivity (Wildman–Crippen MR) is 70.6 cm³/mol. The fourth-order valence-electron chi connectivity index (χ4n) is 1.92. The highest BCUT2D eigenvalue weighted by atomic mass is 15.3. The number of benzene rings is 1. The average molecular weight is 230 g/mol. The van der Waals surface area contributed by atoms with Crippen molar-refractivity contribution in [3.05, 3.63) is 41.7 Å². The summed E-state index contributed by atoms with van der Waals surface area (Å²) in [5, 5.41) is 7.86. The van der Waals surface area contributed by atoms with Gasteiger partial charge in [0.25, 0.3) is 0 Å². The van der Waals surface area contributed by atoms with Gasteiger partial charge in [0.15, 0.2) is 0 Å². The van der Waals surface area contributed by atoms with Gasteiger partial charge in [0.1, 0.15) is 0 Å². The second-order valence-corrected chi connectivity index (χ2v) is 4.01. The molecule has 4 nitrogen and oxygen atoms in total. The Morgan fingerprint density at radius 1 is 1.24 bits per heavy atom. The monoisotopic (exact) mass is 230 g/mol. The van der Waals surface area contributed by atoms with Crippen molar-refractivity contribution in [2.45, 2.75) is 13.8 Å². The van der Waals surface area contributed by atoms with Gasteiger partial charge in [-0.15, -0.1) is 0 Å². The molecule has 1 aromatic heterocycles. The van der Waals surface area contributed by atoms with Gasteiger partial charge in [-0.3, -0.25) is 0 Å². The van der Waals surface area contributed by atoms with Gasteiger partial charge in [0.05, 0.1) is 22.8 Å². The van der Waals surface area contributed by atoms with Gasteiger partial charge < -0.3 is 11.1 Å². The summed E-state index contributed by atoms with van der Waals surface area (Å²) < 4.78 is 1.95. The number of rotatable bonds is 4. The highest BCUT2D eigenvalue weighted by molar-refractivity contribution is 5.54. The third-order valence-corrected chi connectivity index (χ3v) is 2.74. The molecule has 1 aromatic carbocycles. The van der Waals surface area contributed by atoms with E-state index < -0.39 is 0 Å². The van der Waals surface area contributed by atoms with Crippen LogP contribution < -0.4 is 11.1 Å². The van der Waals surface area contributed by atoms with Gasteiger partial charge in [0, 0.05) is 13.1 Å². The zero-order valence-electron chi connectivity index (χ0n) is 10.3. The minimum absolute atomic E-state index is 0.620. The minimum Gasteiger partial charge on any atom is -0.381 e. The molecule has 0 amide bonds. The highest BCUT2D eigenvalue weighted by Gasteiger charge is 2.11. The van der Waals surface area contributed by atoms with E-state index in [0.717, 1.165) is 29.3 Å². The molecule has 4 heteroatoms. The van der Waals surface area contributed by atoms with Crippen molar-refractivity contribution in [3.8, 4) is 5.69 Å². The molecule has 2 rings (SSSR count). The number of para-hydroxylation sites is 1. The van der Waals surface area contributed by atoms with E-state index in [1.54, 1.807) is 0 Å². The second kappa shape index (κ2) is 5.01. The molecule has 0 saturated carbocycles. The summed E-state index contributed by atoms with van der Waals surface area (Å²) in [7, 11) is 0. The van der Waals surface area contributed by atoms with Crippen LogP contribution in [0.4, 0.5) is 5.69 Å². The molecule has 0 bridgehead atoms. The topological polar surface area (TPSA) is 55.9 Å². The van der Waals surface area contributed by atoms with Crippen molar-refractivity contribution in [1.29, 1.82) is 0 Å². The number of nitrogens with one attached hydrogen (secondary N) is 1. The first-order chi connectivity index (χ1) is 8.24. The molecular weight excluding hydrogens is 212 g/mol. The van der Waals surface area contributed by atoms with Gasteiger partial charge in [0.2, 0.25) is 0 Å². The molecular formula is C13H18N4. The summed E-state index contributed by atoms with van der Waals surface area (Å²) in [4.78, 5) is 0. The second-order valence-electron chi connectivity index (χ2n) is 4.01. The van der Waals surface area contributed by atoms with Crippen LogP contribution in [0.15, 0.2) is 30.3 Å². The Kier molecular flexibility index (Phi) is 3.44. The summed E-state index contributed by atoms with van der Waals surface area (Å²) in [6.07, 6.45) is 0. The molecule has 0 saturated heterocycles. The Labute approximate surface area is 101 Å². The lowest BCUT2D eigenvalue weighted by Gasteiger charge is -2.06. The predicted octanol–water partition coefficient (Wildman–Crippen LogP) is 1.86. The van der Waals surface area contributed by atoms with Crippen LogP contribution in [0.5, 0.6) is 0 Å². The van der Waals surface area contributed by atoms with Gasteiger partial charge in [-0.25, -0.2) is 4.68 Å². The van der Waals surface area contributed by atoms with Crippen molar-refractivity contribution in [2.24, 2.45) is 5.73 Å². The molecule has 0 aliphatic rings. The molecule has 17 heavy (non-hydrogen) atoms. The summed E-state index contributed by atoms with van der Waals surface area (Å²) in [5.41, 5.74) is 9.78. The molecule has 1 heterocycles. The summed E-state index contributed by atoms with van der Waals surface area (Å²) in [6, 6.07) is 10.1. The van der Waals surface area contributed by atoms with Crippen molar-refractivity contribution < 1.29 is 0 Å². The summed E-state index contributed by atoms with van der Waals surface area (Å²) in [5.74, 6) is 0.